The van der Waals surface area contributed by atoms with Crippen LogP contribution >= 0.6 is 23.2 Å². The van der Waals surface area contributed by atoms with E-state index >= 15 is 0 Å². The maximum absolute atomic E-state index is 13.0. The summed E-state index contributed by atoms with van der Waals surface area (Å²) in [4.78, 5) is 28.1. The molecule has 0 aliphatic carbocycles. The molecular formula is C23H23Cl2N3O2. The maximum Gasteiger partial charge on any atom is 0.296 e. The predicted octanol–water partition coefficient (Wildman–Crippen LogP) is 5.25. The Morgan fingerprint density at radius 1 is 1.07 bits per heavy atom. The number of rotatable bonds is 5. The molecule has 2 heterocycles. The van der Waals surface area contributed by atoms with E-state index in [4.69, 9.17) is 23.2 Å². The lowest BCUT2D eigenvalue weighted by Gasteiger charge is -2.32. The van der Waals surface area contributed by atoms with Crippen LogP contribution < -0.4 is 5.32 Å². The molecule has 0 bridgehead atoms. The van der Waals surface area contributed by atoms with E-state index in [0.29, 0.717) is 11.6 Å². The van der Waals surface area contributed by atoms with Gasteiger partial charge >= 0.3 is 0 Å². The van der Waals surface area contributed by atoms with Crippen LogP contribution in [0.5, 0.6) is 0 Å². The van der Waals surface area contributed by atoms with Crippen LogP contribution in [0.4, 0.5) is 5.69 Å². The highest BCUT2D eigenvalue weighted by molar-refractivity contribution is 6.50. The van der Waals surface area contributed by atoms with Crippen LogP contribution in [0.1, 0.15) is 29.6 Å². The van der Waals surface area contributed by atoms with Crippen LogP contribution in [0, 0.1) is 0 Å². The van der Waals surface area contributed by atoms with E-state index in [0.717, 1.165) is 30.4 Å². The molecule has 1 N–H and O–H groups in total. The number of nitrogens with one attached hydrogen (secondary N) is 1. The number of likely N-dealkylation sites (tertiary alicyclic amines) is 1. The SMILES string of the molecule is CN1CCCCC1Cn1cc(C(=O)C(=O)Nc2c(Cl)cccc2Cl)c2ccccc21. The number of amides is 1. The van der Waals surface area contributed by atoms with Gasteiger partial charge in [0.1, 0.15) is 0 Å². The number of hydrogen-bond donors (Lipinski definition) is 1. The Balaban J connectivity index is 1.63. The summed E-state index contributed by atoms with van der Waals surface area (Å²) in [5.74, 6) is -1.37. The lowest BCUT2D eigenvalue weighted by molar-refractivity contribution is -0.112. The van der Waals surface area contributed by atoms with Gasteiger partial charge < -0.3 is 14.8 Å². The average molecular weight is 444 g/mol. The molecule has 2 aromatic carbocycles. The molecule has 1 saturated heterocycles. The zero-order chi connectivity index (χ0) is 21.3. The van der Waals surface area contributed by atoms with Crippen LogP contribution in [0.15, 0.2) is 48.7 Å². The molecule has 0 spiro atoms. The number of Topliss-reactive ketones (excluding diaryl/α,β-unsaturated/α-hetero) is 1. The van der Waals surface area contributed by atoms with Gasteiger partial charge in [0.2, 0.25) is 0 Å². The van der Waals surface area contributed by atoms with E-state index in [1.54, 1.807) is 24.4 Å². The van der Waals surface area contributed by atoms with Crippen molar-refractivity contribution in [3.8, 4) is 0 Å². The second-order valence-electron chi connectivity index (χ2n) is 7.72. The molecule has 1 aliphatic heterocycles. The molecule has 0 saturated carbocycles. The Labute approximate surface area is 185 Å². The van der Waals surface area contributed by atoms with E-state index in [2.05, 4.69) is 21.8 Å². The molecule has 4 rings (SSSR count). The van der Waals surface area contributed by atoms with Crippen molar-refractivity contribution in [2.24, 2.45) is 0 Å². The summed E-state index contributed by atoms with van der Waals surface area (Å²) < 4.78 is 2.09. The standard InChI is InChI=1S/C23H23Cl2N3O2/c1-27-12-5-4-7-15(27)13-28-14-17(16-8-2-3-11-20(16)28)22(29)23(30)26-21-18(24)9-6-10-19(21)25/h2-3,6,8-11,14-15H,4-5,7,12-13H2,1H3,(H,26,30). The van der Waals surface area contributed by atoms with E-state index in [9.17, 15) is 9.59 Å². The first kappa shape index (κ1) is 20.9. The average Bonchev–Trinajstić information content (AvgIpc) is 3.10. The molecule has 0 radical (unpaired) electrons. The summed E-state index contributed by atoms with van der Waals surface area (Å²) >= 11 is 12.3. The molecule has 1 amide bonds. The van der Waals surface area contributed by atoms with Crippen molar-refractivity contribution in [1.82, 2.24) is 9.47 Å². The van der Waals surface area contributed by atoms with Gasteiger partial charge in [0.15, 0.2) is 0 Å². The van der Waals surface area contributed by atoms with E-state index in [1.165, 1.54) is 12.8 Å². The number of aromatic nitrogens is 1. The summed E-state index contributed by atoms with van der Waals surface area (Å²) in [7, 11) is 2.14. The minimum atomic E-state index is -0.761. The topological polar surface area (TPSA) is 54.3 Å². The molecule has 1 fully saturated rings. The van der Waals surface area contributed by atoms with Gasteiger partial charge in [-0.25, -0.2) is 0 Å². The zero-order valence-corrected chi connectivity index (χ0v) is 18.2. The van der Waals surface area contributed by atoms with Gasteiger partial charge in [-0.15, -0.1) is 0 Å². The van der Waals surface area contributed by atoms with Crippen LogP contribution in [0.2, 0.25) is 10.0 Å². The highest BCUT2D eigenvalue weighted by Gasteiger charge is 2.25. The summed E-state index contributed by atoms with van der Waals surface area (Å²) in [6.07, 6.45) is 5.34. The number of fused-ring (bicyclic) bond motifs is 1. The molecule has 1 unspecified atom stereocenters. The number of halogens is 2. The zero-order valence-electron chi connectivity index (χ0n) is 16.7. The highest BCUT2D eigenvalue weighted by atomic mass is 35.5. The van der Waals surface area contributed by atoms with Crippen LogP contribution in [0.3, 0.4) is 0 Å². The van der Waals surface area contributed by atoms with E-state index < -0.39 is 11.7 Å². The molecule has 3 aromatic rings. The largest absolute Gasteiger partial charge is 0.345 e. The Morgan fingerprint density at radius 2 is 1.80 bits per heavy atom. The summed E-state index contributed by atoms with van der Waals surface area (Å²) in [6, 6.07) is 13.0. The first-order valence-corrected chi connectivity index (χ1v) is 10.8. The first-order chi connectivity index (χ1) is 14.5. The number of carbonyl (C=O) groups is 2. The first-order valence-electron chi connectivity index (χ1n) is 10.0. The van der Waals surface area contributed by atoms with Crippen molar-refractivity contribution in [2.75, 3.05) is 18.9 Å². The lowest BCUT2D eigenvalue weighted by Crippen LogP contribution is -2.39. The fourth-order valence-corrected chi connectivity index (χ4v) is 4.58. The Hall–Kier alpha value is -2.34. The van der Waals surface area contributed by atoms with Gasteiger partial charge in [0.05, 0.1) is 21.3 Å². The quantitative estimate of drug-likeness (QED) is 0.432. The lowest BCUT2D eigenvalue weighted by atomic mass is 10.0. The number of anilines is 1. The number of nitrogens with zero attached hydrogens (tertiary/aromatic N) is 2. The van der Waals surface area contributed by atoms with Crippen LogP contribution in [-0.4, -0.2) is 40.8 Å². The van der Waals surface area contributed by atoms with Crippen molar-refractivity contribution < 1.29 is 9.59 Å². The third-order valence-corrected chi connectivity index (χ3v) is 6.40. The second-order valence-corrected chi connectivity index (χ2v) is 8.54. The fraction of sp³-hybridized carbons (Fsp3) is 0.304. The minimum absolute atomic E-state index is 0.242. The van der Waals surface area contributed by atoms with Gasteiger partial charge in [-0.2, -0.15) is 0 Å². The maximum atomic E-state index is 13.0. The molecule has 30 heavy (non-hydrogen) atoms. The van der Waals surface area contributed by atoms with Crippen molar-refractivity contribution in [3.63, 3.8) is 0 Å². The third-order valence-electron chi connectivity index (χ3n) is 5.77. The minimum Gasteiger partial charge on any atom is -0.345 e. The van der Waals surface area contributed by atoms with Crippen molar-refractivity contribution in [3.05, 3.63) is 64.3 Å². The monoisotopic (exact) mass is 443 g/mol. The van der Waals surface area contributed by atoms with Gasteiger partial charge in [-0.1, -0.05) is 53.9 Å². The predicted molar refractivity (Wildman–Crippen MR) is 122 cm³/mol. The van der Waals surface area contributed by atoms with Crippen molar-refractivity contribution in [1.29, 1.82) is 0 Å². The molecule has 7 heteroatoms. The van der Waals surface area contributed by atoms with Gasteiger partial charge in [0, 0.05) is 29.7 Å². The molecule has 1 atom stereocenters. The number of para-hydroxylation sites is 2. The van der Waals surface area contributed by atoms with Gasteiger partial charge in [-0.05, 0) is 44.6 Å². The number of benzene rings is 2. The smallest absolute Gasteiger partial charge is 0.296 e. The fourth-order valence-electron chi connectivity index (χ4n) is 4.09. The number of likely N-dealkylation sites (N-methyl/N-ethyl adjacent to an activating group) is 1. The highest BCUT2D eigenvalue weighted by Crippen LogP contribution is 2.30. The molecular weight excluding hydrogens is 421 g/mol. The summed E-state index contributed by atoms with van der Waals surface area (Å²) in [5.41, 5.74) is 1.57. The normalized spacial score (nSPS) is 17.2. The van der Waals surface area contributed by atoms with Crippen LogP contribution in [0.25, 0.3) is 10.9 Å². The molecule has 1 aromatic heterocycles. The van der Waals surface area contributed by atoms with Crippen molar-refractivity contribution >= 4 is 51.5 Å². The van der Waals surface area contributed by atoms with E-state index in [1.807, 2.05) is 24.3 Å². The molecule has 5 nitrogen and oxygen atoms in total. The number of carbonyl (C=O) groups excluding carboxylic acids is 2. The Bertz CT molecular complexity index is 1090. The van der Waals surface area contributed by atoms with Crippen molar-refractivity contribution in [2.45, 2.75) is 31.8 Å². The third kappa shape index (κ3) is 4.10. The van der Waals surface area contributed by atoms with Crippen LogP contribution in [-0.2, 0) is 11.3 Å². The van der Waals surface area contributed by atoms with Gasteiger partial charge in [0.25, 0.3) is 11.7 Å². The molecule has 1 aliphatic rings. The molecule has 156 valence electrons. The summed E-state index contributed by atoms with van der Waals surface area (Å²) in [5, 5.41) is 3.90. The number of piperidine rings is 1. The Morgan fingerprint density at radius 3 is 2.53 bits per heavy atom. The Kier molecular flexibility index (Phi) is 6.14. The number of ketones is 1. The van der Waals surface area contributed by atoms with Gasteiger partial charge in [-0.3, -0.25) is 9.59 Å². The summed E-state index contributed by atoms with van der Waals surface area (Å²) in [6.45, 7) is 1.86. The second kappa shape index (κ2) is 8.80. The number of hydrogen-bond acceptors (Lipinski definition) is 3. The van der Waals surface area contributed by atoms with E-state index in [-0.39, 0.29) is 15.7 Å².